The molecule has 1 atom stereocenters. The fraction of sp³-hybridized carbons (Fsp3) is 0.292. The molecule has 154 valence electrons. The van der Waals surface area contributed by atoms with Gasteiger partial charge in [0.25, 0.3) is 11.8 Å². The number of nitrogens with one attached hydrogen (secondary N) is 1. The number of rotatable bonds is 5. The molecule has 1 N–H and O–H groups in total. The fourth-order valence-corrected chi connectivity index (χ4v) is 3.85. The van der Waals surface area contributed by atoms with Crippen molar-refractivity contribution in [3.8, 4) is 11.1 Å². The van der Waals surface area contributed by atoms with Crippen molar-refractivity contribution < 1.29 is 14.0 Å². The summed E-state index contributed by atoms with van der Waals surface area (Å²) in [4.78, 5) is 31.0. The number of hydrogen-bond acceptors (Lipinski definition) is 4. The molecule has 1 aliphatic heterocycles. The van der Waals surface area contributed by atoms with Gasteiger partial charge in [0.05, 0.1) is 5.69 Å². The molecule has 3 aromatic rings. The number of amides is 2. The minimum absolute atomic E-state index is 0.0934. The second kappa shape index (κ2) is 8.95. The van der Waals surface area contributed by atoms with Gasteiger partial charge in [0.1, 0.15) is 0 Å². The molecule has 6 heteroatoms. The Balaban J connectivity index is 1.32. The monoisotopic (exact) mass is 403 g/mol. The smallest absolute Gasteiger partial charge is 0.291 e. The van der Waals surface area contributed by atoms with Crippen molar-refractivity contribution in [3.63, 3.8) is 0 Å². The molecule has 2 aromatic carbocycles. The van der Waals surface area contributed by atoms with Crippen LogP contribution >= 0.6 is 0 Å². The van der Waals surface area contributed by atoms with E-state index >= 15 is 0 Å². The predicted molar refractivity (Wildman–Crippen MR) is 114 cm³/mol. The summed E-state index contributed by atoms with van der Waals surface area (Å²) in [5.41, 5.74) is 3.44. The highest BCUT2D eigenvalue weighted by Gasteiger charge is 2.27. The second-order valence-corrected chi connectivity index (χ2v) is 7.68. The van der Waals surface area contributed by atoms with Gasteiger partial charge >= 0.3 is 0 Å². The minimum atomic E-state index is -0.127. The zero-order valence-electron chi connectivity index (χ0n) is 17.0. The van der Waals surface area contributed by atoms with Crippen LogP contribution in [0.25, 0.3) is 11.1 Å². The highest BCUT2D eigenvalue weighted by molar-refractivity contribution is 5.94. The SMILES string of the molecule is Cc1ncoc1C(=O)N1CCCC(CNC(=O)c2ccc(-c3ccccc3)cc2)C1. The quantitative estimate of drug-likeness (QED) is 0.700. The molecule has 0 aliphatic carbocycles. The first kappa shape index (κ1) is 19.9. The van der Waals surface area contributed by atoms with Crippen LogP contribution in [-0.2, 0) is 0 Å². The first-order chi connectivity index (χ1) is 14.6. The summed E-state index contributed by atoms with van der Waals surface area (Å²) in [5, 5.41) is 3.02. The van der Waals surface area contributed by atoms with Gasteiger partial charge in [0.2, 0.25) is 5.76 Å². The van der Waals surface area contributed by atoms with Crippen molar-refractivity contribution in [2.24, 2.45) is 5.92 Å². The van der Waals surface area contributed by atoms with Gasteiger partial charge in [-0.05, 0) is 48.9 Å². The van der Waals surface area contributed by atoms with E-state index in [1.165, 1.54) is 6.39 Å². The van der Waals surface area contributed by atoms with E-state index in [0.29, 0.717) is 36.7 Å². The lowest BCUT2D eigenvalue weighted by atomic mass is 9.97. The van der Waals surface area contributed by atoms with E-state index in [-0.39, 0.29) is 17.7 Å². The molecule has 1 aliphatic rings. The van der Waals surface area contributed by atoms with Crippen molar-refractivity contribution in [1.82, 2.24) is 15.2 Å². The van der Waals surface area contributed by atoms with Crippen LogP contribution < -0.4 is 5.32 Å². The summed E-state index contributed by atoms with van der Waals surface area (Å²) in [6.07, 6.45) is 3.19. The van der Waals surface area contributed by atoms with Crippen molar-refractivity contribution in [2.45, 2.75) is 19.8 Å². The van der Waals surface area contributed by atoms with Gasteiger partial charge in [-0.25, -0.2) is 4.98 Å². The largest absolute Gasteiger partial charge is 0.438 e. The third-order valence-electron chi connectivity index (χ3n) is 5.55. The van der Waals surface area contributed by atoms with Gasteiger partial charge in [0, 0.05) is 25.2 Å². The van der Waals surface area contributed by atoms with Crippen molar-refractivity contribution >= 4 is 11.8 Å². The van der Waals surface area contributed by atoms with E-state index in [1.807, 2.05) is 54.6 Å². The number of aromatic nitrogens is 1. The molecule has 0 saturated carbocycles. The number of likely N-dealkylation sites (tertiary alicyclic amines) is 1. The molecule has 4 rings (SSSR count). The average molecular weight is 403 g/mol. The minimum Gasteiger partial charge on any atom is -0.438 e. The number of nitrogens with zero attached hydrogens (tertiary/aromatic N) is 2. The molecular weight excluding hydrogens is 378 g/mol. The Morgan fingerprint density at radius 1 is 1.10 bits per heavy atom. The lowest BCUT2D eigenvalue weighted by molar-refractivity contribution is 0.0638. The predicted octanol–water partition coefficient (Wildman–Crippen LogP) is 3.93. The summed E-state index contributed by atoms with van der Waals surface area (Å²) in [5.74, 6) is 0.304. The van der Waals surface area contributed by atoms with E-state index in [9.17, 15) is 9.59 Å². The number of carbonyl (C=O) groups is 2. The Kier molecular flexibility index (Phi) is 5.93. The summed E-state index contributed by atoms with van der Waals surface area (Å²) >= 11 is 0. The van der Waals surface area contributed by atoms with Crippen LogP contribution in [0.1, 0.15) is 39.4 Å². The molecule has 1 saturated heterocycles. The molecule has 6 nitrogen and oxygen atoms in total. The molecule has 0 radical (unpaired) electrons. The summed E-state index contributed by atoms with van der Waals surface area (Å²) in [7, 11) is 0. The molecule has 0 bridgehead atoms. The number of benzene rings is 2. The van der Waals surface area contributed by atoms with Gasteiger partial charge in [-0.2, -0.15) is 0 Å². The third kappa shape index (κ3) is 4.43. The molecule has 30 heavy (non-hydrogen) atoms. The Morgan fingerprint density at radius 2 is 1.83 bits per heavy atom. The maximum absolute atomic E-state index is 12.6. The van der Waals surface area contributed by atoms with Crippen molar-refractivity contribution in [3.05, 3.63) is 78.0 Å². The normalized spacial score (nSPS) is 16.3. The molecule has 2 amide bonds. The van der Waals surface area contributed by atoms with Crippen LogP contribution in [-0.4, -0.2) is 41.3 Å². The van der Waals surface area contributed by atoms with Crippen LogP contribution in [0.2, 0.25) is 0 Å². The van der Waals surface area contributed by atoms with E-state index in [1.54, 1.807) is 11.8 Å². The maximum atomic E-state index is 12.6. The Morgan fingerprint density at radius 3 is 2.53 bits per heavy atom. The zero-order valence-corrected chi connectivity index (χ0v) is 17.0. The number of carbonyl (C=O) groups excluding carboxylic acids is 2. The first-order valence-corrected chi connectivity index (χ1v) is 10.2. The molecule has 1 unspecified atom stereocenters. The van der Waals surface area contributed by atoms with Crippen LogP contribution in [0.3, 0.4) is 0 Å². The molecular formula is C24H25N3O3. The molecule has 0 spiro atoms. The number of piperidine rings is 1. The zero-order chi connectivity index (χ0) is 20.9. The van der Waals surface area contributed by atoms with Gasteiger partial charge in [-0.1, -0.05) is 42.5 Å². The molecule has 1 aromatic heterocycles. The molecule has 1 fully saturated rings. The lowest BCUT2D eigenvalue weighted by Crippen LogP contribution is -2.43. The number of aryl methyl sites for hydroxylation is 1. The Hall–Kier alpha value is -3.41. The van der Waals surface area contributed by atoms with Gasteiger partial charge in [-0.15, -0.1) is 0 Å². The van der Waals surface area contributed by atoms with E-state index in [0.717, 1.165) is 24.0 Å². The lowest BCUT2D eigenvalue weighted by Gasteiger charge is -2.32. The second-order valence-electron chi connectivity index (χ2n) is 7.68. The Labute approximate surface area is 175 Å². The van der Waals surface area contributed by atoms with Crippen LogP contribution in [0, 0.1) is 12.8 Å². The number of oxazole rings is 1. The summed E-state index contributed by atoms with van der Waals surface area (Å²) < 4.78 is 5.24. The van der Waals surface area contributed by atoms with Crippen molar-refractivity contribution in [1.29, 1.82) is 0 Å². The summed E-state index contributed by atoms with van der Waals surface area (Å²) in [6.45, 7) is 3.61. The summed E-state index contributed by atoms with van der Waals surface area (Å²) in [6, 6.07) is 17.7. The average Bonchev–Trinajstić information content (AvgIpc) is 3.23. The fourth-order valence-electron chi connectivity index (χ4n) is 3.85. The highest BCUT2D eigenvalue weighted by atomic mass is 16.3. The van der Waals surface area contributed by atoms with Crippen molar-refractivity contribution in [2.75, 3.05) is 19.6 Å². The maximum Gasteiger partial charge on any atom is 0.291 e. The van der Waals surface area contributed by atoms with Gasteiger partial charge < -0.3 is 14.6 Å². The third-order valence-corrected chi connectivity index (χ3v) is 5.55. The highest BCUT2D eigenvalue weighted by Crippen LogP contribution is 2.21. The topological polar surface area (TPSA) is 75.4 Å². The first-order valence-electron chi connectivity index (χ1n) is 10.2. The van der Waals surface area contributed by atoms with Crippen LogP contribution in [0.4, 0.5) is 0 Å². The van der Waals surface area contributed by atoms with Crippen LogP contribution in [0.5, 0.6) is 0 Å². The van der Waals surface area contributed by atoms with E-state index in [2.05, 4.69) is 10.3 Å². The van der Waals surface area contributed by atoms with Gasteiger partial charge in [-0.3, -0.25) is 9.59 Å². The Bertz CT molecular complexity index is 1010. The van der Waals surface area contributed by atoms with E-state index < -0.39 is 0 Å². The van der Waals surface area contributed by atoms with E-state index in [4.69, 9.17) is 4.42 Å². The van der Waals surface area contributed by atoms with Crippen LogP contribution in [0.15, 0.2) is 65.4 Å². The van der Waals surface area contributed by atoms with Gasteiger partial charge in [0.15, 0.2) is 6.39 Å². The molecule has 2 heterocycles. The standard InChI is InChI=1S/C24H25N3O3/c1-17-22(30-16-26-17)24(29)27-13-5-6-18(15-27)14-25-23(28)21-11-9-20(10-12-21)19-7-3-2-4-8-19/h2-4,7-12,16,18H,5-6,13-15H2,1H3,(H,25,28). The number of hydrogen-bond donors (Lipinski definition) is 1.